The number of carbonyl (C=O) groups excluding carboxylic acids is 2. The average Bonchev–Trinajstić information content (AvgIpc) is 2.98. The van der Waals surface area contributed by atoms with E-state index in [0.717, 1.165) is 43.4 Å². The van der Waals surface area contributed by atoms with Crippen LogP contribution in [0, 0.1) is 5.41 Å². The Morgan fingerprint density at radius 3 is 2.46 bits per heavy atom. The van der Waals surface area contributed by atoms with Crippen molar-refractivity contribution in [2.75, 3.05) is 40.3 Å². The van der Waals surface area contributed by atoms with E-state index in [1.807, 2.05) is 18.7 Å². The molecule has 1 heterocycles. The maximum Gasteiger partial charge on any atom is 0.312 e. The molecule has 0 aliphatic carbocycles. The number of ether oxygens (including phenoxy) is 1. The Kier molecular flexibility index (Phi) is 7.71. The normalized spacial score (nSPS) is 19.2. The number of amides is 1. The number of hydrogen-bond acceptors (Lipinski definition) is 3. The summed E-state index contributed by atoms with van der Waals surface area (Å²) in [7, 11) is 4.28. The molecule has 140 valence electrons. The Balaban J connectivity index is 2.65. The summed E-state index contributed by atoms with van der Waals surface area (Å²) >= 11 is 0. The molecule has 0 spiro atoms. The van der Waals surface area contributed by atoms with E-state index in [1.54, 1.807) is 0 Å². The molecule has 0 saturated carbocycles. The van der Waals surface area contributed by atoms with Crippen molar-refractivity contribution in [1.82, 2.24) is 4.90 Å². The molecule has 0 aromatic heterocycles. The lowest BCUT2D eigenvalue weighted by atomic mass is 9.80. The second-order valence-electron chi connectivity index (χ2n) is 7.98. The van der Waals surface area contributed by atoms with Gasteiger partial charge in [-0.1, -0.05) is 13.8 Å². The van der Waals surface area contributed by atoms with Gasteiger partial charge in [-0.3, -0.25) is 9.59 Å². The van der Waals surface area contributed by atoms with Crippen LogP contribution in [0.5, 0.6) is 0 Å². The van der Waals surface area contributed by atoms with Crippen molar-refractivity contribution in [3.63, 3.8) is 0 Å². The number of likely N-dealkylation sites (N-methyl/N-ethyl adjacent to an activating group) is 1. The third kappa shape index (κ3) is 5.47. The monoisotopic (exact) mass is 341 g/mol. The number of quaternary nitrogens is 1. The molecule has 0 bridgehead atoms. The van der Waals surface area contributed by atoms with E-state index in [-0.39, 0.29) is 17.9 Å². The Morgan fingerprint density at radius 1 is 1.33 bits per heavy atom. The Morgan fingerprint density at radius 2 is 2.00 bits per heavy atom. The molecule has 2 atom stereocenters. The highest BCUT2D eigenvalue weighted by Crippen LogP contribution is 2.33. The van der Waals surface area contributed by atoms with E-state index in [2.05, 4.69) is 27.9 Å². The first-order chi connectivity index (χ1) is 11.2. The molecule has 1 saturated heterocycles. The minimum absolute atomic E-state index is 0.119. The van der Waals surface area contributed by atoms with Gasteiger partial charge in [-0.25, -0.2) is 0 Å². The third-order valence-corrected chi connectivity index (χ3v) is 5.77. The molecule has 1 aliphatic rings. The van der Waals surface area contributed by atoms with Crippen LogP contribution < -0.4 is 0 Å². The Labute approximate surface area is 147 Å². The topological polar surface area (TPSA) is 46.6 Å². The fourth-order valence-electron chi connectivity index (χ4n) is 3.14. The van der Waals surface area contributed by atoms with Gasteiger partial charge in [-0.05, 0) is 39.5 Å². The molecule has 5 heteroatoms. The third-order valence-electron chi connectivity index (χ3n) is 5.77. The van der Waals surface area contributed by atoms with Gasteiger partial charge < -0.3 is 14.1 Å². The first-order valence-corrected chi connectivity index (χ1v) is 9.47. The molecule has 1 aliphatic heterocycles. The summed E-state index contributed by atoms with van der Waals surface area (Å²) < 4.78 is 6.46. The van der Waals surface area contributed by atoms with Crippen molar-refractivity contribution in [2.24, 2.45) is 5.41 Å². The highest BCUT2D eigenvalue weighted by Gasteiger charge is 2.39. The molecule has 0 aromatic rings. The molecule has 5 nitrogen and oxygen atoms in total. The number of esters is 1. The van der Waals surface area contributed by atoms with Crippen molar-refractivity contribution in [1.29, 1.82) is 0 Å². The van der Waals surface area contributed by atoms with E-state index in [0.29, 0.717) is 19.4 Å². The molecule has 1 fully saturated rings. The van der Waals surface area contributed by atoms with Gasteiger partial charge in [-0.15, -0.1) is 0 Å². The lowest BCUT2D eigenvalue weighted by Gasteiger charge is -2.35. The zero-order valence-corrected chi connectivity index (χ0v) is 16.6. The van der Waals surface area contributed by atoms with Gasteiger partial charge in [0.2, 0.25) is 5.91 Å². The second kappa shape index (κ2) is 8.84. The van der Waals surface area contributed by atoms with E-state index < -0.39 is 5.41 Å². The van der Waals surface area contributed by atoms with Crippen LogP contribution in [0.25, 0.3) is 0 Å². The lowest BCUT2D eigenvalue weighted by molar-refractivity contribution is -0.888. The highest BCUT2D eigenvalue weighted by atomic mass is 16.5. The average molecular weight is 342 g/mol. The van der Waals surface area contributed by atoms with Gasteiger partial charge >= 0.3 is 5.97 Å². The van der Waals surface area contributed by atoms with Crippen LogP contribution in [0.15, 0.2) is 0 Å². The lowest BCUT2D eigenvalue weighted by Crippen LogP contribution is -2.44. The minimum Gasteiger partial charge on any atom is -0.459 e. The van der Waals surface area contributed by atoms with Crippen LogP contribution in [-0.2, 0) is 14.3 Å². The number of nitrogens with zero attached hydrogens (tertiary/aromatic N) is 2. The first kappa shape index (κ1) is 20.9. The minimum atomic E-state index is -0.521. The Hall–Kier alpha value is -1.10. The predicted octanol–water partition coefficient (Wildman–Crippen LogP) is 2.83. The van der Waals surface area contributed by atoms with Crippen LogP contribution >= 0.6 is 0 Å². The van der Waals surface area contributed by atoms with Crippen molar-refractivity contribution >= 4 is 11.9 Å². The van der Waals surface area contributed by atoms with Crippen LogP contribution in [-0.4, -0.2) is 67.6 Å². The van der Waals surface area contributed by atoms with Crippen LogP contribution in [0.1, 0.15) is 59.8 Å². The van der Waals surface area contributed by atoms with E-state index in [4.69, 9.17) is 4.74 Å². The summed E-state index contributed by atoms with van der Waals surface area (Å²) in [5, 5.41) is 0. The molecule has 0 radical (unpaired) electrons. The van der Waals surface area contributed by atoms with Crippen molar-refractivity contribution in [2.45, 2.75) is 65.8 Å². The number of carbonyl (C=O) groups is 2. The van der Waals surface area contributed by atoms with Crippen molar-refractivity contribution < 1.29 is 18.8 Å². The standard InChI is InChI=1S/C19H37N2O3/c1-7-16(20-12-10-11-17(20)22)15-19(4,8-2)18(23)24-14-13-21(5,6)9-3/h16H,7-15H2,1-6H3/q+1. The summed E-state index contributed by atoms with van der Waals surface area (Å²) in [5.41, 5.74) is -0.521. The van der Waals surface area contributed by atoms with Crippen LogP contribution in [0.2, 0.25) is 0 Å². The summed E-state index contributed by atoms with van der Waals surface area (Å²) in [6.45, 7) is 11.4. The molecule has 0 N–H and O–H groups in total. The summed E-state index contributed by atoms with van der Waals surface area (Å²) in [5.74, 6) is 0.113. The number of hydrogen-bond donors (Lipinski definition) is 0. The maximum atomic E-state index is 12.7. The molecule has 0 aromatic carbocycles. The van der Waals surface area contributed by atoms with E-state index in [1.165, 1.54) is 0 Å². The molecule has 1 amide bonds. The van der Waals surface area contributed by atoms with Gasteiger partial charge in [0.15, 0.2) is 0 Å². The summed E-state index contributed by atoms with van der Waals surface area (Å²) in [4.78, 5) is 26.7. The molecular formula is C19H37N2O3+. The zero-order valence-electron chi connectivity index (χ0n) is 16.6. The molecule has 2 unspecified atom stereocenters. The zero-order chi connectivity index (χ0) is 18.4. The fourth-order valence-corrected chi connectivity index (χ4v) is 3.14. The fraction of sp³-hybridized carbons (Fsp3) is 0.895. The smallest absolute Gasteiger partial charge is 0.312 e. The predicted molar refractivity (Wildman–Crippen MR) is 96.5 cm³/mol. The van der Waals surface area contributed by atoms with Gasteiger partial charge in [0.1, 0.15) is 13.2 Å². The maximum absolute atomic E-state index is 12.7. The van der Waals surface area contributed by atoms with E-state index in [9.17, 15) is 9.59 Å². The van der Waals surface area contributed by atoms with Crippen LogP contribution in [0.4, 0.5) is 0 Å². The molecule has 1 rings (SSSR count). The molecule has 24 heavy (non-hydrogen) atoms. The van der Waals surface area contributed by atoms with Gasteiger partial charge in [0, 0.05) is 19.0 Å². The second-order valence-corrected chi connectivity index (χ2v) is 7.98. The van der Waals surface area contributed by atoms with Gasteiger partial charge in [0.05, 0.1) is 26.1 Å². The summed E-state index contributed by atoms with van der Waals surface area (Å²) in [6, 6.07) is 0.139. The Bertz CT molecular complexity index is 436. The molecular weight excluding hydrogens is 304 g/mol. The quantitative estimate of drug-likeness (QED) is 0.453. The largest absolute Gasteiger partial charge is 0.459 e. The van der Waals surface area contributed by atoms with Gasteiger partial charge in [0.25, 0.3) is 0 Å². The van der Waals surface area contributed by atoms with Gasteiger partial charge in [-0.2, -0.15) is 0 Å². The SMILES string of the molecule is CCC(CC(C)(CC)C(=O)OCC[N+](C)(C)CC)N1CCCC1=O. The van der Waals surface area contributed by atoms with Crippen molar-refractivity contribution in [3.8, 4) is 0 Å². The number of likely N-dealkylation sites (tertiary alicyclic amines) is 1. The number of rotatable bonds is 10. The summed E-state index contributed by atoms with van der Waals surface area (Å²) in [6.07, 6.45) is 3.89. The van der Waals surface area contributed by atoms with Crippen LogP contribution in [0.3, 0.4) is 0 Å². The highest BCUT2D eigenvalue weighted by molar-refractivity contribution is 5.79. The van der Waals surface area contributed by atoms with Crippen molar-refractivity contribution in [3.05, 3.63) is 0 Å². The first-order valence-electron chi connectivity index (χ1n) is 9.47. The van der Waals surface area contributed by atoms with E-state index >= 15 is 0 Å².